The van der Waals surface area contributed by atoms with Gasteiger partial charge in [-0.15, -0.1) is 0 Å². The van der Waals surface area contributed by atoms with E-state index in [4.69, 9.17) is 0 Å². The van der Waals surface area contributed by atoms with Gasteiger partial charge in [0.15, 0.2) is 0 Å². The molecule has 17 heavy (non-hydrogen) atoms. The second kappa shape index (κ2) is 5.71. The fourth-order valence-electron chi connectivity index (χ4n) is 2.44. The summed E-state index contributed by atoms with van der Waals surface area (Å²) >= 11 is 0. The molecule has 0 bridgehead atoms. The van der Waals surface area contributed by atoms with Crippen LogP contribution in [0.25, 0.3) is 0 Å². The molecule has 1 unspecified atom stereocenters. The van der Waals surface area contributed by atoms with Crippen molar-refractivity contribution in [2.24, 2.45) is 11.3 Å². The van der Waals surface area contributed by atoms with Crippen LogP contribution in [0.4, 0.5) is 0 Å². The van der Waals surface area contributed by atoms with Crippen LogP contribution in [0.5, 0.6) is 0 Å². The highest BCUT2D eigenvalue weighted by Gasteiger charge is 2.22. The molecule has 0 radical (unpaired) electrons. The summed E-state index contributed by atoms with van der Waals surface area (Å²) in [6, 6.07) is 9.15. The largest absolute Gasteiger partial charge is 0.0622 e. The SMILES string of the molecule is CCc1cccc(C(CC(C)(C)C)C(C)C)c1. The summed E-state index contributed by atoms with van der Waals surface area (Å²) in [4.78, 5) is 0. The molecule has 0 heteroatoms. The van der Waals surface area contributed by atoms with Crippen molar-refractivity contribution >= 4 is 0 Å². The number of benzene rings is 1. The minimum Gasteiger partial charge on any atom is -0.0622 e. The first-order chi connectivity index (χ1) is 7.83. The van der Waals surface area contributed by atoms with Crippen LogP contribution < -0.4 is 0 Å². The third-order valence-corrected chi connectivity index (χ3v) is 3.42. The molecule has 0 saturated carbocycles. The van der Waals surface area contributed by atoms with Gasteiger partial charge in [0.1, 0.15) is 0 Å². The molecule has 0 nitrogen and oxygen atoms in total. The van der Waals surface area contributed by atoms with Gasteiger partial charge in [-0.05, 0) is 41.2 Å². The molecule has 1 rings (SSSR count). The summed E-state index contributed by atoms with van der Waals surface area (Å²) < 4.78 is 0. The first-order valence-electron chi connectivity index (χ1n) is 6.92. The molecule has 1 atom stereocenters. The van der Waals surface area contributed by atoms with Crippen LogP contribution in [0.1, 0.15) is 65.0 Å². The Labute approximate surface area is 107 Å². The fraction of sp³-hybridized carbons (Fsp3) is 0.647. The van der Waals surface area contributed by atoms with Gasteiger partial charge in [0.2, 0.25) is 0 Å². The molecule has 0 amide bonds. The Morgan fingerprint density at radius 1 is 1.12 bits per heavy atom. The van der Waals surface area contributed by atoms with Crippen LogP contribution >= 0.6 is 0 Å². The molecule has 1 aromatic rings. The number of hydrogen-bond acceptors (Lipinski definition) is 0. The minimum atomic E-state index is 0.400. The van der Waals surface area contributed by atoms with Gasteiger partial charge in [-0.25, -0.2) is 0 Å². The van der Waals surface area contributed by atoms with Crippen molar-refractivity contribution in [1.29, 1.82) is 0 Å². The predicted octanol–water partition coefficient (Wildman–Crippen LogP) is 5.42. The van der Waals surface area contributed by atoms with Gasteiger partial charge < -0.3 is 0 Å². The zero-order valence-corrected chi connectivity index (χ0v) is 12.4. The Morgan fingerprint density at radius 3 is 2.24 bits per heavy atom. The standard InChI is InChI=1S/C17H28/c1-7-14-9-8-10-15(11-14)16(13(2)3)12-17(4,5)6/h8-11,13,16H,7,12H2,1-6H3. The molecule has 0 N–H and O–H groups in total. The van der Waals surface area contributed by atoms with Gasteiger partial charge in [-0.1, -0.05) is 65.8 Å². The van der Waals surface area contributed by atoms with Crippen LogP contribution in [0.3, 0.4) is 0 Å². The van der Waals surface area contributed by atoms with Gasteiger partial charge in [0.05, 0.1) is 0 Å². The smallest absolute Gasteiger partial charge is 0.0134 e. The molecule has 0 fully saturated rings. The van der Waals surface area contributed by atoms with Crippen molar-refractivity contribution in [1.82, 2.24) is 0 Å². The van der Waals surface area contributed by atoms with Crippen molar-refractivity contribution < 1.29 is 0 Å². The number of aryl methyl sites for hydroxylation is 1. The second-order valence-corrected chi connectivity index (χ2v) is 6.71. The third kappa shape index (κ3) is 4.53. The van der Waals surface area contributed by atoms with Crippen LogP contribution in [-0.4, -0.2) is 0 Å². The van der Waals surface area contributed by atoms with E-state index in [0.29, 0.717) is 17.3 Å². The Balaban J connectivity index is 2.97. The molecule has 0 aromatic heterocycles. The summed E-state index contributed by atoms with van der Waals surface area (Å²) in [5.41, 5.74) is 3.38. The van der Waals surface area contributed by atoms with Crippen molar-refractivity contribution in [3.05, 3.63) is 35.4 Å². The van der Waals surface area contributed by atoms with E-state index in [9.17, 15) is 0 Å². The predicted molar refractivity (Wildman–Crippen MR) is 77.5 cm³/mol. The van der Waals surface area contributed by atoms with E-state index in [-0.39, 0.29) is 0 Å². The maximum atomic E-state index is 2.40. The van der Waals surface area contributed by atoms with Crippen LogP contribution in [0.2, 0.25) is 0 Å². The van der Waals surface area contributed by atoms with Gasteiger partial charge in [-0.3, -0.25) is 0 Å². The molecule has 0 heterocycles. The Morgan fingerprint density at radius 2 is 1.76 bits per heavy atom. The summed E-state index contributed by atoms with van der Waals surface area (Å²) in [7, 11) is 0. The van der Waals surface area contributed by atoms with Crippen molar-refractivity contribution in [2.45, 2.75) is 60.3 Å². The Bertz CT molecular complexity index is 341. The lowest BCUT2D eigenvalue weighted by Gasteiger charge is -2.29. The lowest BCUT2D eigenvalue weighted by Crippen LogP contribution is -2.16. The van der Waals surface area contributed by atoms with E-state index in [1.807, 2.05) is 0 Å². The highest BCUT2D eigenvalue weighted by molar-refractivity contribution is 5.27. The Kier molecular flexibility index (Phi) is 4.80. The first kappa shape index (κ1) is 14.3. The topological polar surface area (TPSA) is 0 Å². The number of rotatable bonds is 4. The summed E-state index contributed by atoms with van der Waals surface area (Å²) in [6.07, 6.45) is 2.39. The van der Waals surface area contributed by atoms with Gasteiger partial charge in [-0.2, -0.15) is 0 Å². The highest BCUT2D eigenvalue weighted by Crippen LogP contribution is 2.36. The maximum Gasteiger partial charge on any atom is -0.0134 e. The van der Waals surface area contributed by atoms with E-state index < -0.39 is 0 Å². The van der Waals surface area contributed by atoms with Gasteiger partial charge in [0, 0.05) is 0 Å². The molecule has 1 aromatic carbocycles. The zero-order chi connectivity index (χ0) is 13.1. The van der Waals surface area contributed by atoms with E-state index in [0.717, 1.165) is 6.42 Å². The molecular formula is C17H28. The first-order valence-corrected chi connectivity index (χ1v) is 6.92. The monoisotopic (exact) mass is 232 g/mol. The van der Waals surface area contributed by atoms with Crippen LogP contribution in [0.15, 0.2) is 24.3 Å². The molecular weight excluding hydrogens is 204 g/mol. The third-order valence-electron chi connectivity index (χ3n) is 3.42. The van der Waals surface area contributed by atoms with Crippen molar-refractivity contribution in [3.63, 3.8) is 0 Å². The molecule has 0 aliphatic carbocycles. The summed E-state index contributed by atoms with van der Waals surface area (Å²) in [5, 5.41) is 0. The van der Waals surface area contributed by atoms with E-state index >= 15 is 0 Å². The van der Waals surface area contributed by atoms with Crippen LogP contribution in [0, 0.1) is 11.3 Å². The molecule has 0 spiro atoms. The van der Waals surface area contributed by atoms with Crippen molar-refractivity contribution in [2.75, 3.05) is 0 Å². The number of hydrogen-bond donors (Lipinski definition) is 0. The maximum absolute atomic E-state index is 2.40. The highest BCUT2D eigenvalue weighted by atomic mass is 14.3. The zero-order valence-electron chi connectivity index (χ0n) is 12.4. The van der Waals surface area contributed by atoms with E-state index in [1.165, 1.54) is 17.5 Å². The molecule has 0 aliphatic rings. The second-order valence-electron chi connectivity index (χ2n) is 6.71. The van der Waals surface area contributed by atoms with E-state index in [1.54, 1.807) is 0 Å². The normalized spacial score (nSPS) is 14.1. The fourth-order valence-corrected chi connectivity index (χ4v) is 2.44. The lowest BCUT2D eigenvalue weighted by molar-refractivity contribution is 0.301. The molecule has 0 saturated heterocycles. The minimum absolute atomic E-state index is 0.400. The lowest BCUT2D eigenvalue weighted by atomic mass is 9.76. The summed E-state index contributed by atoms with van der Waals surface area (Å²) in [5.74, 6) is 1.39. The quantitative estimate of drug-likeness (QED) is 0.650. The molecule has 96 valence electrons. The average molecular weight is 232 g/mol. The van der Waals surface area contributed by atoms with Crippen molar-refractivity contribution in [3.8, 4) is 0 Å². The average Bonchev–Trinajstić information content (AvgIpc) is 2.24. The Hall–Kier alpha value is -0.780. The summed E-state index contributed by atoms with van der Waals surface area (Å²) in [6.45, 7) is 13.9. The van der Waals surface area contributed by atoms with Crippen LogP contribution in [-0.2, 0) is 6.42 Å². The van der Waals surface area contributed by atoms with E-state index in [2.05, 4.69) is 65.8 Å². The molecule has 0 aliphatic heterocycles. The van der Waals surface area contributed by atoms with Gasteiger partial charge in [0.25, 0.3) is 0 Å². The van der Waals surface area contributed by atoms with Gasteiger partial charge >= 0.3 is 0 Å².